The average Bonchev–Trinajstić information content (AvgIpc) is 2.61. The highest BCUT2D eigenvalue weighted by Crippen LogP contribution is 2.16. The Hall–Kier alpha value is -2.11. The molecule has 0 fully saturated rings. The van der Waals surface area contributed by atoms with Crippen LogP contribution in [0.5, 0.6) is 5.88 Å². The first-order valence-corrected chi connectivity index (χ1v) is 4.85. The molecule has 0 unspecified atom stereocenters. The molecule has 0 spiro atoms. The molecule has 6 heteroatoms. The van der Waals surface area contributed by atoms with Crippen molar-refractivity contribution in [1.29, 1.82) is 0 Å². The van der Waals surface area contributed by atoms with Crippen molar-refractivity contribution in [2.24, 2.45) is 0 Å². The second-order valence-corrected chi connectivity index (χ2v) is 3.27. The lowest BCUT2D eigenvalue weighted by Crippen LogP contribution is -2.05. The summed E-state index contributed by atoms with van der Waals surface area (Å²) in [6.45, 7) is 3.73. The summed E-state index contributed by atoms with van der Waals surface area (Å²) in [5, 5.41) is 13.5. The fourth-order valence-corrected chi connectivity index (χ4v) is 1.42. The van der Waals surface area contributed by atoms with E-state index < -0.39 is 5.97 Å². The number of aromatic hydroxyl groups is 1. The van der Waals surface area contributed by atoms with Crippen molar-refractivity contribution >= 4 is 11.6 Å². The Morgan fingerprint density at radius 1 is 1.62 bits per heavy atom. The highest BCUT2D eigenvalue weighted by Gasteiger charge is 2.16. The molecule has 0 aromatic carbocycles. The molecule has 2 aromatic heterocycles. The van der Waals surface area contributed by atoms with Gasteiger partial charge in [-0.2, -0.15) is 9.61 Å². The van der Waals surface area contributed by atoms with Crippen molar-refractivity contribution in [2.75, 3.05) is 6.61 Å². The fourth-order valence-electron chi connectivity index (χ4n) is 1.42. The molecule has 1 N–H and O–H groups in total. The maximum absolute atomic E-state index is 11.5. The smallest absolute Gasteiger partial charge is 0.343 e. The van der Waals surface area contributed by atoms with Crippen LogP contribution in [0.15, 0.2) is 12.3 Å². The third kappa shape index (κ3) is 1.58. The number of nitrogens with zero attached hydrogens (tertiary/aromatic N) is 3. The monoisotopic (exact) mass is 221 g/mol. The number of hydrogen-bond acceptors (Lipinski definition) is 5. The summed E-state index contributed by atoms with van der Waals surface area (Å²) >= 11 is 0. The predicted molar refractivity (Wildman–Crippen MR) is 55.3 cm³/mol. The number of esters is 1. The first kappa shape index (κ1) is 10.4. The molecule has 0 bridgehead atoms. The van der Waals surface area contributed by atoms with E-state index in [0.717, 1.165) is 0 Å². The first-order valence-electron chi connectivity index (χ1n) is 4.85. The SMILES string of the molecule is CCOC(=O)c1cnn2c(O)cc(C)nc12. The lowest BCUT2D eigenvalue weighted by atomic mass is 10.3. The highest BCUT2D eigenvalue weighted by atomic mass is 16.5. The molecule has 0 aliphatic heterocycles. The molecule has 0 atom stereocenters. The molecule has 84 valence electrons. The lowest BCUT2D eigenvalue weighted by Gasteiger charge is -2.01. The van der Waals surface area contributed by atoms with E-state index in [9.17, 15) is 9.90 Å². The zero-order valence-corrected chi connectivity index (χ0v) is 8.97. The van der Waals surface area contributed by atoms with E-state index in [0.29, 0.717) is 11.3 Å². The van der Waals surface area contributed by atoms with Gasteiger partial charge in [0.2, 0.25) is 5.88 Å². The highest BCUT2D eigenvalue weighted by molar-refractivity contribution is 5.95. The zero-order chi connectivity index (χ0) is 11.7. The molecule has 2 heterocycles. The molecule has 0 aliphatic carbocycles. The number of rotatable bonds is 2. The average molecular weight is 221 g/mol. The normalized spacial score (nSPS) is 10.6. The van der Waals surface area contributed by atoms with Gasteiger partial charge in [-0.3, -0.25) is 0 Å². The Bertz CT molecular complexity index is 547. The number of aryl methyl sites for hydroxylation is 1. The molecule has 0 amide bonds. The summed E-state index contributed by atoms with van der Waals surface area (Å²) in [7, 11) is 0. The maximum atomic E-state index is 11.5. The van der Waals surface area contributed by atoms with E-state index in [1.807, 2.05) is 0 Å². The molecular formula is C10H11N3O3. The van der Waals surface area contributed by atoms with Gasteiger partial charge in [0.1, 0.15) is 5.56 Å². The molecule has 0 saturated carbocycles. The summed E-state index contributed by atoms with van der Waals surface area (Å²) in [6.07, 6.45) is 1.33. The van der Waals surface area contributed by atoms with E-state index in [-0.39, 0.29) is 18.1 Å². The van der Waals surface area contributed by atoms with Crippen LogP contribution in [0, 0.1) is 6.92 Å². The molecule has 0 radical (unpaired) electrons. The van der Waals surface area contributed by atoms with Crippen molar-refractivity contribution in [2.45, 2.75) is 13.8 Å². The predicted octanol–water partition coefficient (Wildman–Crippen LogP) is 0.920. The van der Waals surface area contributed by atoms with Gasteiger partial charge in [-0.1, -0.05) is 0 Å². The number of carbonyl (C=O) groups excluding carboxylic acids is 1. The van der Waals surface area contributed by atoms with Crippen molar-refractivity contribution in [3.63, 3.8) is 0 Å². The van der Waals surface area contributed by atoms with Crippen molar-refractivity contribution in [3.8, 4) is 5.88 Å². The van der Waals surface area contributed by atoms with Crippen molar-refractivity contribution in [1.82, 2.24) is 14.6 Å². The second kappa shape index (κ2) is 3.80. The van der Waals surface area contributed by atoms with Gasteiger partial charge in [0, 0.05) is 11.8 Å². The van der Waals surface area contributed by atoms with E-state index >= 15 is 0 Å². The van der Waals surface area contributed by atoms with Crippen LogP contribution in [0.3, 0.4) is 0 Å². The maximum Gasteiger partial charge on any atom is 0.343 e. The van der Waals surface area contributed by atoms with Gasteiger partial charge >= 0.3 is 5.97 Å². The third-order valence-corrected chi connectivity index (χ3v) is 2.08. The Morgan fingerprint density at radius 2 is 2.38 bits per heavy atom. The Kier molecular flexibility index (Phi) is 2.47. The molecule has 6 nitrogen and oxygen atoms in total. The second-order valence-electron chi connectivity index (χ2n) is 3.27. The van der Waals surface area contributed by atoms with Gasteiger partial charge in [-0.25, -0.2) is 9.78 Å². The number of fused-ring (bicyclic) bond motifs is 1. The van der Waals surface area contributed by atoms with Crippen molar-refractivity contribution in [3.05, 3.63) is 23.5 Å². The summed E-state index contributed by atoms with van der Waals surface area (Å²) < 4.78 is 6.05. The zero-order valence-electron chi connectivity index (χ0n) is 8.97. The van der Waals surface area contributed by atoms with Gasteiger partial charge in [-0.15, -0.1) is 0 Å². The van der Waals surface area contributed by atoms with Gasteiger partial charge in [-0.05, 0) is 13.8 Å². The number of carbonyl (C=O) groups is 1. The van der Waals surface area contributed by atoms with E-state index in [1.54, 1.807) is 13.8 Å². The van der Waals surface area contributed by atoms with E-state index in [1.165, 1.54) is 16.8 Å². The van der Waals surface area contributed by atoms with Crippen LogP contribution in [-0.4, -0.2) is 32.3 Å². The lowest BCUT2D eigenvalue weighted by molar-refractivity contribution is 0.0528. The molecule has 0 aliphatic rings. The number of hydrogen-bond donors (Lipinski definition) is 1. The van der Waals surface area contributed by atoms with Crippen LogP contribution in [0.1, 0.15) is 23.0 Å². The molecule has 16 heavy (non-hydrogen) atoms. The number of ether oxygens (including phenoxy) is 1. The van der Waals surface area contributed by atoms with Crippen LogP contribution < -0.4 is 0 Å². The Balaban J connectivity index is 2.60. The minimum absolute atomic E-state index is 0.0574. The van der Waals surface area contributed by atoms with Crippen molar-refractivity contribution < 1.29 is 14.6 Å². The minimum atomic E-state index is -0.491. The van der Waals surface area contributed by atoms with E-state index in [2.05, 4.69) is 10.1 Å². The minimum Gasteiger partial charge on any atom is -0.493 e. The van der Waals surface area contributed by atoms with Gasteiger partial charge in [0.15, 0.2) is 5.65 Å². The summed E-state index contributed by atoms with van der Waals surface area (Å²) in [5.74, 6) is -0.548. The first-order chi connectivity index (χ1) is 7.63. The van der Waals surface area contributed by atoms with E-state index in [4.69, 9.17) is 4.74 Å². The van der Waals surface area contributed by atoms with Crippen LogP contribution in [0.4, 0.5) is 0 Å². The summed E-state index contributed by atoms with van der Waals surface area (Å²) in [5.41, 5.74) is 1.16. The van der Waals surface area contributed by atoms with Gasteiger partial charge in [0.05, 0.1) is 12.8 Å². The Labute approximate surface area is 91.5 Å². The summed E-state index contributed by atoms with van der Waals surface area (Å²) in [4.78, 5) is 15.7. The quantitative estimate of drug-likeness (QED) is 0.763. The molecular weight excluding hydrogens is 210 g/mol. The van der Waals surface area contributed by atoms with Crippen LogP contribution >= 0.6 is 0 Å². The van der Waals surface area contributed by atoms with Crippen LogP contribution in [0.25, 0.3) is 5.65 Å². The summed E-state index contributed by atoms with van der Waals surface area (Å²) in [6, 6.07) is 1.47. The fraction of sp³-hybridized carbons (Fsp3) is 0.300. The topological polar surface area (TPSA) is 76.7 Å². The Morgan fingerprint density at radius 3 is 3.06 bits per heavy atom. The molecule has 2 aromatic rings. The molecule has 2 rings (SSSR count). The van der Waals surface area contributed by atoms with Crippen LogP contribution in [-0.2, 0) is 4.74 Å². The largest absolute Gasteiger partial charge is 0.493 e. The van der Waals surface area contributed by atoms with Gasteiger partial charge < -0.3 is 9.84 Å². The number of aromatic nitrogens is 3. The van der Waals surface area contributed by atoms with Gasteiger partial charge in [0.25, 0.3) is 0 Å². The molecule has 0 saturated heterocycles. The van der Waals surface area contributed by atoms with Crippen LogP contribution in [0.2, 0.25) is 0 Å². The third-order valence-electron chi connectivity index (χ3n) is 2.08. The standard InChI is InChI=1S/C10H11N3O3/c1-3-16-10(15)7-5-11-13-8(14)4-6(2)12-9(7)13/h4-5,14H,3H2,1-2H3.